The second kappa shape index (κ2) is 6.48. The van der Waals surface area contributed by atoms with E-state index in [0.717, 1.165) is 17.8 Å². The van der Waals surface area contributed by atoms with Gasteiger partial charge in [0.2, 0.25) is 5.91 Å². The molecule has 0 unspecified atom stereocenters. The summed E-state index contributed by atoms with van der Waals surface area (Å²) in [4.78, 5) is 16.9. The topological polar surface area (TPSA) is 46.9 Å². The molecule has 4 nitrogen and oxygen atoms in total. The maximum Gasteiger partial charge on any atom is 0.220 e. The Morgan fingerprint density at radius 3 is 2.62 bits per heavy atom. The summed E-state index contributed by atoms with van der Waals surface area (Å²) >= 11 is 0. The van der Waals surface area contributed by atoms with Gasteiger partial charge in [-0.05, 0) is 37.0 Å². The third-order valence-corrected chi connectivity index (χ3v) is 4.51. The van der Waals surface area contributed by atoms with Crippen molar-refractivity contribution in [3.63, 3.8) is 0 Å². The van der Waals surface area contributed by atoms with Crippen LogP contribution in [0.5, 0.6) is 0 Å². The molecule has 0 bridgehead atoms. The quantitative estimate of drug-likeness (QED) is 0.754. The number of fused-ring (bicyclic) bond motifs is 1. The largest absolute Gasteiger partial charge is 0.349 e. The molecule has 1 fully saturated rings. The molecule has 1 heterocycles. The number of carbonyl (C=O) groups excluding carboxylic acids is 1. The summed E-state index contributed by atoms with van der Waals surface area (Å²) in [5, 5.41) is 3.03. The van der Waals surface area contributed by atoms with Gasteiger partial charge in [-0.2, -0.15) is 0 Å². The van der Waals surface area contributed by atoms with Crippen LogP contribution in [0.15, 0.2) is 54.6 Å². The Balaban J connectivity index is 1.41. The number of rotatable bonds is 6. The van der Waals surface area contributed by atoms with Crippen molar-refractivity contribution in [1.82, 2.24) is 14.9 Å². The minimum atomic E-state index is 0.0771. The Hall–Kier alpha value is -2.62. The van der Waals surface area contributed by atoms with Crippen molar-refractivity contribution in [3.05, 3.63) is 66.0 Å². The van der Waals surface area contributed by atoms with Crippen LogP contribution >= 0.6 is 0 Å². The lowest BCUT2D eigenvalue weighted by Gasteiger charge is -2.09. The first kappa shape index (κ1) is 14.9. The minimum Gasteiger partial charge on any atom is -0.349 e. The molecule has 4 heteroatoms. The number of hydrogen-bond donors (Lipinski definition) is 1. The van der Waals surface area contributed by atoms with Crippen LogP contribution in [0.2, 0.25) is 0 Å². The van der Waals surface area contributed by atoms with Crippen molar-refractivity contribution < 1.29 is 4.79 Å². The molecule has 1 aliphatic carbocycles. The van der Waals surface area contributed by atoms with Crippen LogP contribution in [-0.4, -0.2) is 15.5 Å². The minimum absolute atomic E-state index is 0.0771. The molecule has 3 aromatic rings. The summed E-state index contributed by atoms with van der Waals surface area (Å²) in [6.45, 7) is 0.499. The fourth-order valence-electron chi connectivity index (χ4n) is 3.13. The van der Waals surface area contributed by atoms with Gasteiger partial charge in [0.05, 0.1) is 17.6 Å². The summed E-state index contributed by atoms with van der Waals surface area (Å²) < 4.78 is 2.30. The molecule has 1 aliphatic rings. The standard InChI is InChI=1S/C20H21N3O/c24-20(13-10-15-6-2-1-3-7-15)21-14-19-22-17-8-4-5-9-18(17)23(19)16-11-12-16/h1-9,16H,10-14H2,(H,21,24). The normalized spacial score (nSPS) is 14.0. The van der Waals surface area contributed by atoms with Crippen LogP contribution in [0.1, 0.15) is 36.7 Å². The Bertz CT molecular complexity index is 850. The molecule has 0 aliphatic heterocycles. The lowest BCUT2D eigenvalue weighted by atomic mass is 10.1. The first-order chi connectivity index (χ1) is 11.8. The summed E-state index contributed by atoms with van der Waals surface area (Å²) in [6, 6.07) is 18.9. The summed E-state index contributed by atoms with van der Waals surface area (Å²) in [6.07, 6.45) is 3.68. The lowest BCUT2D eigenvalue weighted by Crippen LogP contribution is -2.24. The van der Waals surface area contributed by atoms with Gasteiger partial charge in [-0.3, -0.25) is 4.79 Å². The number of aromatic nitrogens is 2. The van der Waals surface area contributed by atoms with Crippen molar-refractivity contribution in [1.29, 1.82) is 0 Å². The zero-order chi connectivity index (χ0) is 16.4. The fourth-order valence-corrected chi connectivity index (χ4v) is 3.13. The molecule has 24 heavy (non-hydrogen) atoms. The average Bonchev–Trinajstić information content (AvgIpc) is 3.39. The molecular weight excluding hydrogens is 298 g/mol. The SMILES string of the molecule is O=C(CCc1ccccc1)NCc1nc2ccccc2n1C1CC1. The number of hydrogen-bond acceptors (Lipinski definition) is 2. The predicted octanol–water partition coefficient (Wildman–Crippen LogP) is 3.62. The lowest BCUT2D eigenvalue weighted by molar-refractivity contribution is -0.121. The highest BCUT2D eigenvalue weighted by molar-refractivity contribution is 5.77. The van der Waals surface area contributed by atoms with Crippen LogP contribution in [0, 0.1) is 0 Å². The Morgan fingerprint density at radius 2 is 1.83 bits per heavy atom. The van der Waals surface area contributed by atoms with Crippen molar-refractivity contribution in [3.8, 4) is 0 Å². The number of carbonyl (C=O) groups is 1. The van der Waals surface area contributed by atoms with Gasteiger partial charge >= 0.3 is 0 Å². The molecule has 0 atom stereocenters. The number of aryl methyl sites for hydroxylation is 1. The fraction of sp³-hybridized carbons (Fsp3) is 0.300. The average molecular weight is 319 g/mol. The van der Waals surface area contributed by atoms with Gasteiger partial charge in [0.25, 0.3) is 0 Å². The molecular formula is C20H21N3O. The Labute approximate surface area is 141 Å². The van der Waals surface area contributed by atoms with Crippen molar-refractivity contribution in [2.24, 2.45) is 0 Å². The van der Waals surface area contributed by atoms with E-state index in [9.17, 15) is 4.79 Å². The molecule has 1 saturated carbocycles. The molecule has 122 valence electrons. The Kier molecular flexibility index (Phi) is 4.03. The number of nitrogens with one attached hydrogen (secondary N) is 1. The maximum atomic E-state index is 12.2. The monoisotopic (exact) mass is 319 g/mol. The molecule has 2 aromatic carbocycles. The van der Waals surface area contributed by atoms with Crippen LogP contribution in [0.3, 0.4) is 0 Å². The van der Waals surface area contributed by atoms with E-state index in [0.29, 0.717) is 19.0 Å². The first-order valence-electron chi connectivity index (χ1n) is 8.58. The van der Waals surface area contributed by atoms with E-state index < -0.39 is 0 Å². The van der Waals surface area contributed by atoms with Gasteiger partial charge in [0.1, 0.15) is 5.82 Å². The number of imidazole rings is 1. The zero-order valence-corrected chi connectivity index (χ0v) is 13.6. The second-order valence-electron chi connectivity index (χ2n) is 6.38. The van der Waals surface area contributed by atoms with E-state index in [2.05, 4.69) is 28.1 Å². The highest BCUT2D eigenvalue weighted by Gasteiger charge is 2.28. The van der Waals surface area contributed by atoms with Crippen molar-refractivity contribution in [2.75, 3.05) is 0 Å². The van der Waals surface area contributed by atoms with E-state index in [4.69, 9.17) is 4.98 Å². The molecule has 1 aromatic heterocycles. The highest BCUT2D eigenvalue weighted by atomic mass is 16.1. The summed E-state index contributed by atoms with van der Waals surface area (Å²) in [5.41, 5.74) is 3.38. The van der Waals surface area contributed by atoms with Crippen LogP contribution in [0.4, 0.5) is 0 Å². The van der Waals surface area contributed by atoms with Gasteiger partial charge in [0, 0.05) is 12.5 Å². The van der Waals surface area contributed by atoms with E-state index in [1.807, 2.05) is 36.4 Å². The van der Waals surface area contributed by atoms with Crippen LogP contribution in [0.25, 0.3) is 11.0 Å². The highest BCUT2D eigenvalue weighted by Crippen LogP contribution is 2.38. The Morgan fingerprint density at radius 1 is 1.08 bits per heavy atom. The van der Waals surface area contributed by atoms with E-state index in [1.54, 1.807) is 0 Å². The number of benzene rings is 2. The molecule has 1 N–H and O–H groups in total. The van der Waals surface area contributed by atoms with E-state index in [-0.39, 0.29) is 5.91 Å². The molecule has 1 amide bonds. The zero-order valence-electron chi connectivity index (χ0n) is 13.6. The number of amides is 1. The molecule has 0 saturated heterocycles. The molecule has 4 rings (SSSR count). The third kappa shape index (κ3) is 3.18. The summed E-state index contributed by atoms with van der Waals surface area (Å²) in [5.74, 6) is 1.04. The van der Waals surface area contributed by atoms with Crippen LogP contribution < -0.4 is 5.32 Å². The molecule has 0 radical (unpaired) electrons. The van der Waals surface area contributed by atoms with Gasteiger partial charge in [-0.25, -0.2) is 4.98 Å². The second-order valence-corrected chi connectivity index (χ2v) is 6.38. The first-order valence-corrected chi connectivity index (χ1v) is 8.58. The van der Waals surface area contributed by atoms with Gasteiger partial charge in [0.15, 0.2) is 0 Å². The molecule has 0 spiro atoms. The summed E-state index contributed by atoms with van der Waals surface area (Å²) in [7, 11) is 0. The van der Waals surface area contributed by atoms with Crippen LogP contribution in [-0.2, 0) is 17.8 Å². The third-order valence-electron chi connectivity index (χ3n) is 4.51. The van der Waals surface area contributed by atoms with Crippen molar-refractivity contribution in [2.45, 2.75) is 38.3 Å². The van der Waals surface area contributed by atoms with E-state index >= 15 is 0 Å². The number of nitrogens with zero attached hydrogens (tertiary/aromatic N) is 2. The van der Waals surface area contributed by atoms with E-state index in [1.165, 1.54) is 23.9 Å². The van der Waals surface area contributed by atoms with Crippen molar-refractivity contribution >= 4 is 16.9 Å². The number of para-hydroxylation sites is 2. The predicted molar refractivity (Wildman–Crippen MR) is 94.6 cm³/mol. The smallest absolute Gasteiger partial charge is 0.220 e. The maximum absolute atomic E-state index is 12.2. The van der Waals surface area contributed by atoms with Gasteiger partial charge in [-0.1, -0.05) is 42.5 Å². The van der Waals surface area contributed by atoms with Gasteiger partial charge < -0.3 is 9.88 Å². The van der Waals surface area contributed by atoms with Gasteiger partial charge in [-0.15, -0.1) is 0 Å².